The fraction of sp³-hybridized carbons (Fsp3) is 0.571. The van der Waals surface area contributed by atoms with Crippen LogP contribution in [0.3, 0.4) is 0 Å². The van der Waals surface area contributed by atoms with Crippen LogP contribution < -0.4 is 10.5 Å². The van der Waals surface area contributed by atoms with Crippen molar-refractivity contribution in [1.82, 2.24) is 0 Å². The minimum Gasteiger partial charge on any atom is -0.489 e. The van der Waals surface area contributed by atoms with Crippen molar-refractivity contribution in [3.05, 3.63) is 27.7 Å². The number of nitrogens with two attached hydrogens (primary N) is 1. The first-order valence-corrected chi connectivity index (χ1v) is 9.30. The third-order valence-corrected chi connectivity index (χ3v) is 5.53. The molecule has 1 saturated heterocycles. The predicted octanol–water partition coefficient (Wildman–Crippen LogP) is 2.21. The second-order valence-electron chi connectivity index (χ2n) is 5.54. The van der Waals surface area contributed by atoms with E-state index in [9.17, 15) is 8.42 Å². The highest BCUT2D eigenvalue weighted by molar-refractivity contribution is 9.10. The maximum Gasteiger partial charge on any atom is 0.154 e. The van der Waals surface area contributed by atoms with Gasteiger partial charge in [-0.25, -0.2) is 8.42 Å². The van der Waals surface area contributed by atoms with Crippen molar-refractivity contribution >= 4 is 25.8 Å². The first kappa shape index (κ1) is 15.8. The van der Waals surface area contributed by atoms with Crippen LogP contribution in [-0.2, 0) is 16.3 Å². The Labute approximate surface area is 128 Å². The first-order chi connectivity index (χ1) is 9.27. The second kappa shape index (κ2) is 6.03. The van der Waals surface area contributed by atoms with Gasteiger partial charge in [0.2, 0.25) is 0 Å². The summed E-state index contributed by atoms with van der Waals surface area (Å²) in [5.74, 6) is 1.11. The van der Waals surface area contributed by atoms with Gasteiger partial charge in [0.05, 0.1) is 11.5 Å². The molecule has 0 saturated carbocycles. The Bertz CT molecular complexity index is 599. The molecule has 1 aliphatic rings. The highest BCUT2D eigenvalue weighted by Crippen LogP contribution is 2.31. The lowest BCUT2D eigenvalue weighted by molar-refractivity contribution is 0.224. The van der Waals surface area contributed by atoms with E-state index in [1.54, 1.807) is 0 Å². The van der Waals surface area contributed by atoms with Gasteiger partial charge >= 0.3 is 0 Å². The van der Waals surface area contributed by atoms with Crippen molar-refractivity contribution < 1.29 is 13.2 Å². The zero-order valence-electron chi connectivity index (χ0n) is 11.7. The molecule has 1 aromatic carbocycles. The fourth-order valence-corrected chi connectivity index (χ4v) is 4.70. The standard InChI is InChI=1S/C14H20BrNO3S/c1-9-5-12(15)7-11(6-10(2)16)14(9)19-13-3-4-20(17,18)8-13/h5,7,10,13H,3-4,6,8,16H2,1-2H3. The molecule has 2 atom stereocenters. The molecule has 0 spiro atoms. The molecule has 0 bridgehead atoms. The summed E-state index contributed by atoms with van der Waals surface area (Å²) in [4.78, 5) is 0. The Morgan fingerprint density at radius 2 is 2.20 bits per heavy atom. The SMILES string of the molecule is Cc1cc(Br)cc(CC(C)N)c1OC1CCS(=O)(=O)C1. The maximum atomic E-state index is 11.5. The predicted molar refractivity (Wildman–Crippen MR) is 83.9 cm³/mol. The quantitative estimate of drug-likeness (QED) is 0.892. The molecule has 1 aromatic rings. The summed E-state index contributed by atoms with van der Waals surface area (Å²) in [6, 6.07) is 4.00. The van der Waals surface area contributed by atoms with Crippen molar-refractivity contribution in [2.75, 3.05) is 11.5 Å². The lowest BCUT2D eigenvalue weighted by Crippen LogP contribution is -2.22. The lowest BCUT2D eigenvalue weighted by Gasteiger charge is -2.19. The minimum atomic E-state index is -2.93. The zero-order valence-corrected chi connectivity index (χ0v) is 14.1. The number of benzene rings is 1. The van der Waals surface area contributed by atoms with E-state index in [4.69, 9.17) is 10.5 Å². The third kappa shape index (κ3) is 3.96. The van der Waals surface area contributed by atoms with E-state index in [1.807, 2.05) is 26.0 Å². The summed E-state index contributed by atoms with van der Waals surface area (Å²) in [6.45, 7) is 3.91. The van der Waals surface area contributed by atoms with E-state index in [2.05, 4.69) is 15.9 Å². The Morgan fingerprint density at radius 1 is 1.50 bits per heavy atom. The molecule has 2 unspecified atom stereocenters. The molecule has 0 aliphatic carbocycles. The molecule has 2 rings (SSSR count). The minimum absolute atomic E-state index is 0.0263. The molecule has 2 N–H and O–H groups in total. The summed E-state index contributed by atoms with van der Waals surface area (Å²) in [7, 11) is -2.93. The van der Waals surface area contributed by atoms with Gasteiger partial charge in [-0.05, 0) is 49.9 Å². The average molecular weight is 362 g/mol. The molecule has 0 radical (unpaired) electrons. The van der Waals surface area contributed by atoms with Crippen LogP contribution in [0.4, 0.5) is 0 Å². The maximum absolute atomic E-state index is 11.5. The first-order valence-electron chi connectivity index (χ1n) is 6.68. The summed E-state index contributed by atoms with van der Waals surface area (Å²) < 4.78 is 30.0. The van der Waals surface area contributed by atoms with Gasteiger partial charge in [0.1, 0.15) is 11.9 Å². The van der Waals surface area contributed by atoms with E-state index < -0.39 is 9.84 Å². The number of aryl methyl sites for hydroxylation is 1. The summed E-state index contributed by atoms with van der Waals surface area (Å²) in [5.41, 5.74) is 7.90. The van der Waals surface area contributed by atoms with E-state index in [0.717, 1.165) is 21.3 Å². The summed E-state index contributed by atoms with van der Waals surface area (Å²) >= 11 is 3.48. The molecule has 112 valence electrons. The second-order valence-corrected chi connectivity index (χ2v) is 8.68. The number of halogens is 1. The van der Waals surface area contributed by atoms with Crippen molar-refractivity contribution in [2.45, 2.75) is 38.8 Å². The molecule has 1 aliphatic heterocycles. The van der Waals surface area contributed by atoms with Gasteiger partial charge in [-0.15, -0.1) is 0 Å². The van der Waals surface area contributed by atoms with Crippen LogP contribution in [0.5, 0.6) is 5.75 Å². The highest BCUT2D eigenvalue weighted by Gasteiger charge is 2.30. The number of hydrogen-bond donors (Lipinski definition) is 1. The normalized spacial score (nSPS) is 22.7. The monoisotopic (exact) mass is 361 g/mol. The number of ether oxygens (including phenoxy) is 1. The third-order valence-electron chi connectivity index (χ3n) is 3.33. The van der Waals surface area contributed by atoms with Gasteiger partial charge in [0.15, 0.2) is 9.84 Å². The molecule has 1 heterocycles. The Balaban J connectivity index is 2.26. The van der Waals surface area contributed by atoms with Gasteiger partial charge in [0.25, 0.3) is 0 Å². The fourth-order valence-electron chi connectivity index (χ4n) is 2.49. The Morgan fingerprint density at radius 3 is 2.75 bits per heavy atom. The number of rotatable bonds is 4. The topological polar surface area (TPSA) is 69.4 Å². The Hall–Kier alpha value is -0.590. The van der Waals surface area contributed by atoms with E-state index in [0.29, 0.717) is 12.8 Å². The van der Waals surface area contributed by atoms with Crippen LogP contribution in [0.25, 0.3) is 0 Å². The van der Waals surface area contributed by atoms with Crippen molar-refractivity contribution in [3.63, 3.8) is 0 Å². The van der Waals surface area contributed by atoms with Gasteiger partial charge in [0, 0.05) is 10.5 Å². The van der Waals surface area contributed by atoms with Crippen molar-refractivity contribution in [3.8, 4) is 5.75 Å². The molecule has 0 amide bonds. The van der Waals surface area contributed by atoms with E-state index >= 15 is 0 Å². The molecule has 4 nitrogen and oxygen atoms in total. The van der Waals surface area contributed by atoms with Crippen LogP contribution in [-0.4, -0.2) is 32.1 Å². The molecule has 0 aromatic heterocycles. The molecule has 1 fully saturated rings. The van der Waals surface area contributed by atoms with Crippen LogP contribution in [0, 0.1) is 6.92 Å². The van der Waals surface area contributed by atoms with Crippen molar-refractivity contribution in [1.29, 1.82) is 0 Å². The largest absolute Gasteiger partial charge is 0.489 e. The molecule has 6 heteroatoms. The van der Waals surface area contributed by atoms with Crippen LogP contribution in [0.15, 0.2) is 16.6 Å². The van der Waals surface area contributed by atoms with Crippen LogP contribution in [0.2, 0.25) is 0 Å². The summed E-state index contributed by atoms with van der Waals surface area (Å²) in [5, 5.41) is 0. The molecule has 20 heavy (non-hydrogen) atoms. The highest BCUT2D eigenvalue weighted by atomic mass is 79.9. The van der Waals surface area contributed by atoms with E-state index in [1.165, 1.54) is 0 Å². The van der Waals surface area contributed by atoms with Crippen LogP contribution in [0.1, 0.15) is 24.5 Å². The van der Waals surface area contributed by atoms with Crippen LogP contribution >= 0.6 is 15.9 Å². The van der Waals surface area contributed by atoms with Gasteiger partial charge in [-0.2, -0.15) is 0 Å². The molecular weight excluding hydrogens is 342 g/mol. The number of sulfone groups is 1. The Kier molecular flexibility index (Phi) is 4.76. The van der Waals surface area contributed by atoms with E-state index in [-0.39, 0.29) is 23.7 Å². The van der Waals surface area contributed by atoms with Gasteiger partial charge < -0.3 is 10.5 Å². The molecular formula is C14H20BrNO3S. The van der Waals surface area contributed by atoms with Gasteiger partial charge in [-0.1, -0.05) is 15.9 Å². The zero-order chi connectivity index (χ0) is 14.9. The number of hydrogen-bond acceptors (Lipinski definition) is 4. The van der Waals surface area contributed by atoms with Crippen molar-refractivity contribution in [2.24, 2.45) is 5.73 Å². The summed E-state index contributed by atoms with van der Waals surface area (Å²) in [6.07, 6.45) is 1.02. The lowest BCUT2D eigenvalue weighted by atomic mass is 10.0. The average Bonchev–Trinajstić information content (AvgIpc) is 2.62. The van der Waals surface area contributed by atoms with Gasteiger partial charge in [-0.3, -0.25) is 0 Å². The smallest absolute Gasteiger partial charge is 0.154 e.